The van der Waals surface area contributed by atoms with E-state index in [0.717, 1.165) is 32.4 Å². The third kappa shape index (κ3) is 3.90. The lowest BCUT2D eigenvalue weighted by Gasteiger charge is -2.42. The fourth-order valence-corrected chi connectivity index (χ4v) is 8.04. The van der Waals surface area contributed by atoms with Crippen LogP contribution in [0.3, 0.4) is 0 Å². The first-order chi connectivity index (χ1) is 16.1. The number of sulfonamides is 1. The third-order valence-corrected chi connectivity index (χ3v) is 9.93. The Balaban J connectivity index is 1.41. The summed E-state index contributed by atoms with van der Waals surface area (Å²) in [5.41, 5.74) is 7.49. The fraction of sp³-hybridized carbons (Fsp3) is 0.261. The average molecular weight is 516 g/mol. The van der Waals surface area contributed by atoms with E-state index in [2.05, 4.69) is 9.97 Å². The Morgan fingerprint density at radius 2 is 1.94 bits per heavy atom. The summed E-state index contributed by atoms with van der Waals surface area (Å²) in [5.74, 6) is 0.158. The molecule has 5 rings (SSSR count). The number of nitrogens with two attached hydrogens (primary N) is 1. The van der Waals surface area contributed by atoms with Crippen molar-refractivity contribution in [2.24, 2.45) is 0 Å². The van der Waals surface area contributed by atoms with Crippen molar-refractivity contribution >= 4 is 65.7 Å². The van der Waals surface area contributed by atoms with Crippen molar-refractivity contribution in [2.45, 2.75) is 36.7 Å². The largest absolute Gasteiger partial charge is 0.383 e. The van der Waals surface area contributed by atoms with Gasteiger partial charge in [-0.2, -0.15) is 4.31 Å². The van der Waals surface area contributed by atoms with Crippen LogP contribution in [0.5, 0.6) is 0 Å². The van der Waals surface area contributed by atoms with Crippen LogP contribution in [0, 0.1) is 0 Å². The first-order valence-corrected chi connectivity index (χ1v) is 13.3. The molecule has 4 aromatic rings. The van der Waals surface area contributed by atoms with Crippen molar-refractivity contribution in [3.05, 3.63) is 59.4 Å². The van der Waals surface area contributed by atoms with Gasteiger partial charge in [0.15, 0.2) is 0 Å². The van der Waals surface area contributed by atoms with Gasteiger partial charge in [0.1, 0.15) is 22.4 Å². The number of carbonyl (C=O) groups excluding carboxylic acids is 1. The molecule has 2 N–H and O–H groups in total. The number of halogens is 1. The van der Waals surface area contributed by atoms with Gasteiger partial charge in [-0.15, -0.1) is 11.3 Å². The Labute approximate surface area is 206 Å². The number of benzene rings is 2. The van der Waals surface area contributed by atoms with E-state index in [0.29, 0.717) is 22.9 Å². The second-order valence-corrected chi connectivity index (χ2v) is 12.0. The molecular formula is C23H22ClN5O3S2. The molecule has 11 heteroatoms. The smallest absolute Gasteiger partial charge is 0.253 e. The number of carbonyl (C=O) groups is 1. The van der Waals surface area contributed by atoms with E-state index < -0.39 is 22.1 Å². The SMILES string of the molecule is C[C@H]1CN(Cc2ccc3c(N)ncnc3c2)C(=O)[C@H](C)N1S(=O)(=O)c1cc2ccc(Cl)cc2s1. The van der Waals surface area contributed by atoms with Crippen LogP contribution in [0.4, 0.5) is 5.82 Å². The summed E-state index contributed by atoms with van der Waals surface area (Å²) in [4.78, 5) is 23.2. The Morgan fingerprint density at radius 1 is 1.15 bits per heavy atom. The highest BCUT2D eigenvalue weighted by atomic mass is 35.5. The van der Waals surface area contributed by atoms with Crippen molar-refractivity contribution in [1.29, 1.82) is 0 Å². The summed E-state index contributed by atoms with van der Waals surface area (Å²) in [6, 6.07) is 11.3. The van der Waals surface area contributed by atoms with Crippen LogP contribution in [0.2, 0.25) is 5.02 Å². The van der Waals surface area contributed by atoms with Gasteiger partial charge in [-0.25, -0.2) is 18.4 Å². The van der Waals surface area contributed by atoms with Crippen molar-refractivity contribution in [3.8, 4) is 0 Å². The Kier molecular flexibility index (Phi) is 5.71. The number of fused-ring (bicyclic) bond motifs is 2. The maximum Gasteiger partial charge on any atom is 0.253 e. The molecule has 0 saturated carbocycles. The van der Waals surface area contributed by atoms with Gasteiger partial charge in [0.05, 0.1) is 5.52 Å². The van der Waals surface area contributed by atoms with Crippen molar-refractivity contribution < 1.29 is 13.2 Å². The molecule has 176 valence electrons. The number of hydrogen-bond donors (Lipinski definition) is 1. The van der Waals surface area contributed by atoms with Gasteiger partial charge >= 0.3 is 0 Å². The van der Waals surface area contributed by atoms with Gasteiger partial charge in [-0.05, 0) is 55.1 Å². The van der Waals surface area contributed by atoms with Crippen LogP contribution in [0.15, 0.2) is 53.0 Å². The molecule has 2 aromatic carbocycles. The summed E-state index contributed by atoms with van der Waals surface area (Å²) >= 11 is 7.22. The Hall–Kier alpha value is -2.79. The molecule has 0 aliphatic carbocycles. The maximum atomic E-state index is 13.6. The lowest BCUT2D eigenvalue weighted by Crippen LogP contribution is -2.61. The predicted octanol–water partition coefficient (Wildman–Crippen LogP) is 3.89. The molecule has 34 heavy (non-hydrogen) atoms. The number of thiophene rings is 1. The third-order valence-electron chi connectivity index (χ3n) is 6.07. The molecule has 3 heterocycles. The van der Waals surface area contributed by atoms with E-state index in [9.17, 15) is 13.2 Å². The zero-order chi connectivity index (χ0) is 24.2. The van der Waals surface area contributed by atoms with Crippen LogP contribution in [-0.2, 0) is 21.4 Å². The van der Waals surface area contributed by atoms with E-state index in [1.165, 1.54) is 10.6 Å². The summed E-state index contributed by atoms with van der Waals surface area (Å²) in [5, 5.41) is 2.10. The minimum atomic E-state index is -3.87. The lowest BCUT2D eigenvalue weighted by atomic mass is 10.1. The zero-order valence-electron chi connectivity index (χ0n) is 18.5. The van der Waals surface area contributed by atoms with Gasteiger partial charge < -0.3 is 10.6 Å². The molecule has 1 saturated heterocycles. The number of nitrogen functional groups attached to an aromatic ring is 1. The highest BCUT2D eigenvalue weighted by Crippen LogP contribution is 2.35. The number of hydrogen-bond acceptors (Lipinski definition) is 7. The summed E-state index contributed by atoms with van der Waals surface area (Å²) in [6.45, 7) is 4.10. The van der Waals surface area contributed by atoms with Crippen molar-refractivity contribution in [3.63, 3.8) is 0 Å². The monoisotopic (exact) mass is 515 g/mol. The second-order valence-electron chi connectivity index (χ2n) is 8.44. The van der Waals surface area contributed by atoms with Gasteiger partial charge in [-0.3, -0.25) is 4.79 Å². The topological polar surface area (TPSA) is 109 Å². The van der Waals surface area contributed by atoms with E-state index in [4.69, 9.17) is 17.3 Å². The minimum absolute atomic E-state index is 0.205. The molecule has 1 fully saturated rings. The molecule has 0 radical (unpaired) electrons. The number of rotatable bonds is 4. The highest BCUT2D eigenvalue weighted by Gasteiger charge is 2.43. The van der Waals surface area contributed by atoms with Crippen LogP contribution in [0.1, 0.15) is 19.4 Å². The summed E-state index contributed by atoms with van der Waals surface area (Å²) < 4.78 is 29.4. The van der Waals surface area contributed by atoms with E-state index in [1.807, 2.05) is 25.1 Å². The normalized spacial score (nSPS) is 19.9. The minimum Gasteiger partial charge on any atom is -0.383 e. The molecule has 1 amide bonds. The fourth-order valence-electron chi connectivity index (χ4n) is 4.49. The molecule has 8 nitrogen and oxygen atoms in total. The first-order valence-electron chi connectivity index (χ1n) is 10.7. The molecule has 1 aliphatic heterocycles. The summed E-state index contributed by atoms with van der Waals surface area (Å²) in [6.07, 6.45) is 1.41. The van der Waals surface area contributed by atoms with Crippen molar-refractivity contribution in [1.82, 2.24) is 19.2 Å². The molecule has 2 aromatic heterocycles. The van der Waals surface area contributed by atoms with Crippen molar-refractivity contribution in [2.75, 3.05) is 12.3 Å². The molecular weight excluding hydrogens is 494 g/mol. The predicted molar refractivity (Wildman–Crippen MR) is 134 cm³/mol. The summed E-state index contributed by atoms with van der Waals surface area (Å²) in [7, 11) is -3.87. The number of amides is 1. The number of piperazine rings is 1. The van der Waals surface area contributed by atoms with Crippen LogP contribution in [0.25, 0.3) is 21.0 Å². The quantitative estimate of drug-likeness (QED) is 0.441. The first kappa shape index (κ1) is 23.0. The number of aromatic nitrogens is 2. The molecule has 2 atom stereocenters. The van der Waals surface area contributed by atoms with Crippen LogP contribution in [-0.4, -0.2) is 52.1 Å². The maximum absolute atomic E-state index is 13.6. The number of anilines is 1. The average Bonchev–Trinajstić information content (AvgIpc) is 3.21. The molecule has 0 spiro atoms. The highest BCUT2D eigenvalue weighted by molar-refractivity contribution is 7.91. The van der Waals surface area contributed by atoms with Gasteiger partial charge in [0.25, 0.3) is 10.0 Å². The Bertz CT molecular complexity index is 1540. The van der Waals surface area contributed by atoms with Crippen LogP contribution < -0.4 is 5.73 Å². The Morgan fingerprint density at radius 3 is 2.74 bits per heavy atom. The van der Waals surface area contributed by atoms with E-state index >= 15 is 0 Å². The molecule has 1 aliphatic rings. The second kappa shape index (κ2) is 8.46. The van der Waals surface area contributed by atoms with Gasteiger partial charge in [0, 0.05) is 34.2 Å². The lowest BCUT2D eigenvalue weighted by molar-refractivity contribution is -0.140. The zero-order valence-corrected chi connectivity index (χ0v) is 20.9. The molecule has 0 unspecified atom stereocenters. The van der Waals surface area contributed by atoms with E-state index in [1.54, 1.807) is 36.1 Å². The van der Waals surface area contributed by atoms with Gasteiger partial charge in [0.2, 0.25) is 5.91 Å². The standard InChI is InChI=1S/C23H22ClN5O3S2/c1-13-10-28(11-15-3-6-18-19(7-15)26-12-27-22(18)25)23(30)14(2)29(13)34(31,32)21-8-16-4-5-17(24)9-20(16)33-21/h3-9,12-14H,10-11H2,1-2H3,(H2,25,26,27)/t13-,14-/m0/s1. The van der Waals surface area contributed by atoms with Gasteiger partial charge in [-0.1, -0.05) is 23.7 Å². The van der Waals surface area contributed by atoms with Crippen LogP contribution >= 0.6 is 22.9 Å². The number of nitrogens with zero attached hydrogens (tertiary/aromatic N) is 4. The molecule has 0 bridgehead atoms. The van der Waals surface area contributed by atoms with E-state index in [-0.39, 0.29) is 16.7 Å².